The van der Waals surface area contributed by atoms with Crippen LogP contribution >= 0.6 is 22.7 Å². The second kappa shape index (κ2) is 7.98. The van der Waals surface area contributed by atoms with Gasteiger partial charge in [-0.2, -0.15) is 9.50 Å². The van der Waals surface area contributed by atoms with Crippen molar-refractivity contribution < 1.29 is 14.3 Å². The molecular formula is C20H15N3O4S2. The molecule has 3 heterocycles. The number of carbonyl (C=O) groups excluding carboxylic acids is 1. The van der Waals surface area contributed by atoms with E-state index in [1.165, 1.54) is 29.9 Å². The Hall–Kier alpha value is -3.30. The number of rotatable bonds is 5. The van der Waals surface area contributed by atoms with Gasteiger partial charge >= 0.3 is 5.97 Å². The zero-order valence-corrected chi connectivity index (χ0v) is 17.1. The van der Waals surface area contributed by atoms with Crippen molar-refractivity contribution in [2.75, 3.05) is 7.11 Å². The number of aromatic nitrogens is 3. The van der Waals surface area contributed by atoms with E-state index in [0.29, 0.717) is 26.8 Å². The molecule has 0 aliphatic carbocycles. The topological polar surface area (TPSA) is 82.8 Å². The molecule has 4 aromatic rings. The fraction of sp³-hybridized carbons (Fsp3) is 0.100. The molecule has 0 radical (unpaired) electrons. The summed E-state index contributed by atoms with van der Waals surface area (Å²) in [7, 11) is 1.49. The summed E-state index contributed by atoms with van der Waals surface area (Å²) in [6, 6.07) is 9.02. The van der Waals surface area contributed by atoms with E-state index >= 15 is 0 Å². The number of esters is 1. The Morgan fingerprint density at radius 2 is 2.07 bits per heavy atom. The first-order valence-corrected chi connectivity index (χ1v) is 10.2. The van der Waals surface area contributed by atoms with Gasteiger partial charge in [0.15, 0.2) is 17.3 Å². The maximum atomic E-state index is 12.7. The van der Waals surface area contributed by atoms with E-state index in [4.69, 9.17) is 9.47 Å². The quantitative estimate of drug-likeness (QED) is 0.361. The van der Waals surface area contributed by atoms with Crippen molar-refractivity contribution in [2.24, 2.45) is 0 Å². The highest BCUT2D eigenvalue weighted by Gasteiger charge is 2.11. The Morgan fingerprint density at radius 3 is 2.76 bits per heavy atom. The Bertz CT molecular complexity index is 1320. The number of fused-ring (bicyclic) bond motifs is 1. The van der Waals surface area contributed by atoms with E-state index in [1.807, 2.05) is 23.6 Å². The molecule has 29 heavy (non-hydrogen) atoms. The Morgan fingerprint density at radius 1 is 1.21 bits per heavy atom. The highest BCUT2D eigenvalue weighted by atomic mass is 32.1. The molecule has 0 unspecified atom stereocenters. The predicted octanol–water partition coefficient (Wildman–Crippen LogP) is 2.86. The lowest BCUT2D eigenvalue weighted by molar-refractivity contribution is -0.132. The van der Waals surface area contributed by atoms with Crippen LogP contribution in [0.2, 0.25) is 0 Å². The lowest BCUT2D eigenvalue weighted by Crippen LogP contribution is -2.23. The van der Waals surface area contributed by atoms with Crippen molar-refractivity contribution in [3.8, 4) is 11.5 Å². The third-order valence-electron chi connectivity index (χ3n) is 3.88. The van der Waals surface area contributed by atoms with E-state index < -0.39 is 5.97 Å². The molecule has 3 aromatic heterocycles. The number of hydrogen-bond acceptors (Lipinski definition) is 8. The molecular weight excluding hydrogens is 410 g/mol. The third kappa shape index (κ3) is 4.10. The van der Waals surface area contributed by atoms with Crippen LogP contribution in [0.1, 0.15) is 23.2 Å². The van der Waals surface area contributed by atoms with Crippen molar-refractivity contribution in [1.82, 2.24) is 14.6 Å². The van der Waals surface area contributed by atoms with Crippen molar-refractivity contribution in [3.63, 3.8) is 0 Å². The number of carbonyl (C=O) groups is 1. The standard InChI is InChI=1S/C20H15N3O4S2/c1-12(24)27-15-7-5-13(10-16(15)26-2)11-17-19(25)23-20(29-17)21-18(22-23)8-6-14-4-3-9-28-14/h3-11H,1-2H3/b8-6+,17-11-. The van der Waals surface area contributed by atoms with Gasteiger partial charge in [-0.3, -0.25) is 9.59 Å². The molecule has 4 rings (SSSR count). The fourth-order valence-electron chi connectivity index (χ4n) is 2.63. The van der Waals surface area contributed by atoms with Crippen LogP contribution in [-0.2, 0) is 4.79 Å². The lowest BCUT2D eigenvalue weighted by atomic mass is 10.2. The first-order valence-electron chi connectivity index (χ1n) is 8.53. The monoisotopic (exact) mass is 425 g/mol. The van der Waals surface area contributed by atoms with Gasteiger partial charge < -0.3 is 9.47 Å². The van der Waals surface area contributed by atoms with Gasteiger partial charge in [-0.15, -0.1) is 16.4 Å². The second-order valence-corrected chi connectivity index (χ2v) is 7.92. The van der Waals surface area contributed by atoms with Crippen LogP contribution in [-0.4, -0.2) is 27.7 Å². The van der Waals surface area contributed by atoms with Crippen LogP contribution in [0.4, 0.5) is 0 Å². The van der Waals surface area contributed by atoms with Gasteiger partial charge in [0.25, 0.3) is 5.56 Å². The molecule has 1 aromatic carbocycles. The van der Waals surface area contributed by atoms with E-state index in [1.54, 1.807) is 41.7 Å². The molecule has 9 heteroatoms. The lowest BCUT2D eigenvalue weighted by Gasteiger charge is -2.08. The molecule has 0 aliphatic heterocycles. The van der Waals surface area contributed by atoms with Gasteiger partial charge in [0, 0.05) is 11.8 Å². The molecule has 0 fully saturated rings. The van der Waals surface area contributed by atoms with Gasteiger partial charge in [-0.25, -0.2) is 0 Å². The van der Waals surface area contributed by atoms with Crippen molar-refractivity contribution >= 4 is 51.8 Å². The van der Waals surface area contributed by atoms with Crippen LogP contribution in [0.25, 0.3) is 23.2 Å². The summed E-state index contributed by atoms with van der Waals surface area (Å²) in [5.41, 5.74) is 0.494. The Labute approximate surface area is 173 Å². The first-order chi connectivity index (χ1) is 14.0. The molecule has 146 valence electrons. The predicted molar refractivity (Wildman–Crippen MR) is 113 cm³/mol. The largest absolute Gasteiger partial charge is 0.493 e. The van der Waals surface area contributed by atoms with Crippen molar-refractivity contribution in [2.45, 2.75) is 6.92 Å². The smallest absolute Gasteiger partial charge is 0.308 e. The maximum Gasteiger partial charge on any atom is 0.308 e. The van der Waals surface area contributed by atoms with E-state index in [-0.39, 0.29) is 5.56 Å². The van der Waals surface area contributed by atoms with Crippen LogP contribution in [0, 0.1) is 0 Å². The van der Waals surface area contributed by atoms with E-state index in [9.17, 15) is 9.59 Å². The summed E-state index contributed by atoms with van der Waals surface area (Å²) in [6.07, 6.45) is 5.43. The average Bonchev–Trinajstić information content (AvgIpc) is 3.40. The highest BCUT2D eigenvalue weighted by Crippen LogP contribution is 2.28. The van der Waals surface area contributed by atoms with Gasteiger partial charge in [0.1, 0.15) is 0 Å². The molecule has 0 bridgehead atoms. The number of nitrogens with zero attached hydrogens (tertiary/aromatic N) is 3. The van der Waals surface area contributed by atoms with Gasteiger partial charge in [-0.1, -0.05) is 23.5 Å². The number of thiazole rings is 1. The summed E-state index contributed by atoms with van der Waals surface area (Å²) in [6.45, 7) is 1.32. The van der Waals surface area contributed by atoms with Crippen LogP contribution in [0.15, 0.2) is 40.5 Å². The molecule has 0 amide bonds. The molecule has 0 saturated heterocycles. The van der Waals surface area contributed by atoms with Crippen LogP contribution < -0.4 is 19.6 Å². The third-order valence-corrected chi connectivity index (χ3v) is 5.67. The fourth-order valence-corrected chi connectivity index (χ4v) is 4.16. The van der Waals surface area contributed by atoms with E-state index in [0.717, 1.165) is 10.4 Å². The number of ether oxygens (including phenoxy) is 2. The molecule has 0 saturated carbocycles. The van der Waals surface area contributed by atoms with Crippen LogP contribution in [0.3, 0.4) is 0 Å². The Kier molecular flexibility index (Phi) is 5.24. The summed E-state index contributed by atoms with van der Waals surface area (Å²) < 4.78 is 12.2. The normalized spacial score (nSPS) is 12.1. The zero-order chi connectivity index (χ0) is 20.4. The van der Waals surface area contributed by atoms with E-state index in [2.05, 4.69) is 10.1 Å². The molecule has 0 spiro atoms. The number of hydrogen-bond donors (Lipinski definition) is 0. The maximum absolute atomic E-state index is 12.7. The van der Waals surface area contributed by atoms with Gasteiger partial charge in [0.2, 0.25) is 4.96 Å². The Balaban J connectivity index is 1.66. The zero-order valence-electron chi connectivity index (χ0n) is 15.5. The molecule has 0 atom stereocenters. The minimum absolute atomic E-state index is 0.240. The summed E-state index contributed by atoms with van der Waals surface area (Å²) in [5, 5.41) is 6.26. The van der Waals surface area contributed by atoms with Crippen molar-refractivity contribution in [3.05, 3.63) is 66.9 Å². The van der Waals surface area contributed by atoms with Crippen LogP contribution in [0.5, 0.6) is 11.5 Å². The minimum Gasteiger partial charge on any atom is -0.493 e. The average molecular weight is 425 g/mol. The highest BCUT2D eigenvalue weighted by molar-refractivity contribution is 7.15. The number of benzene rings is 1. The summed E-state index contributed by atoms with van der Waals surface area (Å²) in [5.74, 6) is 0.781. The number of methoxy groups -OCH3 is 1. The van der Waals surface area contributed by atoms with Gasteiger partial charge in [0.05, 0.1) is 11.6 Å². The molecule has 0 N–H and O–H groups in total. The van der Waals surface area contributed by atoms with Gasteiger partial charge in [-0.05, 0) is 47.4 Å². The molecule has 7 nitrogen and oxygen atoms in total. The van der Waals surface area contributed by atoms with Crippen molar-refractivity contribution in [1.29, 1.82) is 0 Å². The first kappa shape index (κ1) is 19.0. The number of thiophene rings is 1. The minimum atomic E-state index is -0.434. The summed E-state index contributed by atoms with van der Waals surface area (Å²) >= 11 is 2.87. The SMILES string of the molecule is COc1cc(/C=c2\sc3nc(/C=C/c4cccs4)nn3c2=O)ccc1OC(C)=O. The second-order valence-electron chi connectivity index (χ2n) is 5.93. The molecule has 0 aliphatic rings. The summed E-state index contributed by atoms with van der Waals surface area (Å²) in [4.78, 5) is 29.8.